The molecule has 0 saturated carbocycles. The zero-order chi connectivity index (χ0) is 9.26. The van der Waals surface area contributed by atoms with Crippen LogP contribution in [0, 0.1) is 3.57 Å². The van der Waals surface area contributed by atoms with E-state index >= 15 is 0 Å². The third-order valence-electron chi connectivity index (χ3n) is 1.36. The fourth-order valence-corrected chi connectivity index (χ4v) is 2.75. The smallest absolute Gasteiger partial charge is 0.183 e. The quantitative estimate of drug-likeness (QED) is 0.727. The van der Waals surface area contributed by atoms with E-state index in [2.05, 4.69) is 53.7 Å². The molecule has 66 valence electrons. The van der Waals surface area contributed by atoms with Gasteiger partial charge in [-0.3, -0.25) is 4.98 Å². The van der Waals surface area contributed by atoms with E-state index in [-0.39, 0.29) is 0 Å². The molecule has 2 aromatic rings. The van der Waals surface area contributed by atoms with Gasteiger partial charge in [0.1, 0.15) is 5.69 Å². The van der Waals surface area contributed by atoms with Gasteiger partial charge in [-0.05, 0) is 50.7 Å². The van der Waals surface area contributed by atoms with Crippen molar-refractivity contribution in [2.24, 2.45) is 0 Å². The van der Waals surface area contributed by atoms with Crippen molar-refractivity contribution >= 4 is 49.9 Å². The van der Waals surface area contributed by atoms with Crippen molar-refractivity contribution in [3.05, 3.63) is 25.8 Å². The first-order valence-corrected chi connectivity index (χ1v) is 6.06. The number of hydrogen-bond donors (Lipinski definition) is 0. The van der Waals surface area contributed by atoms with Crippen molar-refractivity contribution in [2.75, 3.05) is 0 Å². The summed E-state index contributed by atoms with van der Waals surface area (Å²) in [5, 5.41) is 8.72. The lowest BCUT2D eigenvalue weighted by atomic mass is 10.4. The van der Waals surface area contributed by atoms with Gasteiger partial charge in [0.2, 0.25) is 0 Å². The summed E-state index contributed by atoms with van der Waals surface area (Å²) in [4.78, 5) is 4.24. The van der Waals surface area contributed by atoms with Crippen LogP contribution in [-0.2, 0) is 0 Å². The Balaban J connectivity index is 2.52. The molecule has 0 saturated heterocycles. The van der Waals surface area contributed by atoms with E-state index in [1.165, 1.54) is 11.3 Å². The van der Waals surface area contributed by atoms with Crippen LogP contribution in [0.5, 0.6) is 0 Å². The van der Waals surface area contributed by atoms with E-state index in [0.29, 0.717) is 0 Å². The highest BCUT2D eigenvalue weighted by Crippen LogP contribution is 2.27. The normalized spacial score (nSPS) is 10.3. The average Bonchev–Trinajstić information content (AvgIpc) is 2.53. The number of halogens is 2. The first kappa shape index (κ1) is 9.47. The molecule has 2 aromatic heterocycles. The second-order valence-electron chi connectivity index (χ2n) is 2.19. The van der Waals surface area contributed by atoms with Gasteiger partial charge < -0.3 is 0 Å². The maximum Gasteiger partial charge on any atom is 0.183 e. The van der Waals surface area contributed by atoms with Crippen molar-refractivity contribution < 1.29 is 0 Å². The van der Waals surface area contributed by atoms with Crippen LogP contribution in [0.15, 0.2) is 22.2 Å². The third kappa shape index (κ3) is 2.05. The number of rotatable bonds is 1. The Morgan fingerprint density at radius 2 is 2.23 bits per heavy atom. The summed E-state index contributed by atoms with van der Waals surface area (Å²) in [6.45, 7) is 0. The molecule has 0 aliphatic rings. The molecule has 13 heavy (non-hydrogen) atoms. The van der Waals surface area contributed by atoms with E-state index in [1.54, 1.807) is 6.20 Å². The minimum atomic E-state index is 0.781. The van der Waals surface area contributed by atoms with Gasteiger partial charge in [0, 0.05) is 9.77 Å². The lowest BCUT2D eigenvalue weighted by Gasteiger charge is -1.95. The molecule has 0 aliphatic heterocycles. The highest BCUT2D eigenvalue weighted by Gasteiger charge is 2.08. The summed E-state index contributed by atoms with van der Waals surface area (Å²) >= 11 is 6.99. The van der Waals surface area contributed by atoms with E-state index in [4.69, 9.17) is 0 Å². The van der Waals surface area contributed by atoms with Crippen LogP contribution in [0.4, 0.5) is 0 Å². The molecule has 0 bridgehead atoms. The lowest BCUT2D eigenvalue weighted by molar-refractivity contribution is 1.07. The molecule has 0 spiro atoms. The number of pyridine rings is 1. The van der Waals surface area contributed by atoms with Crippen LogP contribution >= 0.6 is 49.9 Å². The summed E-state index contributed by atoms with van der Waals surface area (Å²) in [6.07, 6.45) is 1.76. The lowest BCUT2D eigenvalue weighted by Crippen LogP contribution is -1.85. The standard InChI is InChI=1S/C7H3BrIN3S/c8-7-12-11-6(13-7)5-4(9)2-1-3-10-5/h1-3H. The van der Waals surface area contributed by atoms with Crippen molar-refractivity contribution in [3.8, 4) is 10.7 Å². The number of hydrogen-bond acceptors (Lipinski definition) is 4. The first-order chi connectivity index (χ1) is 6.27. The van der Waals surface area contributed by atoms with Gasteiger partial charge in [-0.1, -0.05) is 11.3 Å². The Hall–Kier alpha value is -0.0800. The third-order valence-corrected chi connectivity index (χ3v) is 3.59. The molecule has 0 fully saturated rings. The van der Waals surface area contributed by atoms with Crippen molar-refractivity contribution in [1.29, 1.82) is 0 Å². The van der Waals surface area contributed by atoms with Crippen LogP contribution < -0.4 is 0 Å². The molecular weight excluding hydrogens is 365 g/mol. The highest BCUT2D eigenvalue weighted by atomic mass is 127. The number of aromatic nitrogens is 3. The van der Waals surface area contributed by atoms with E-state index in [0.717, 1.165) is 18.2 Å². The first-order valence-electron chi connectivity index (χ1n) is 3.37. The summed E-state index contributed by atoms with van der Waals surface area (Å²) < 4.78 is 1.87. The second-order valence-corrected chi connectivity index (χ2v) is 5.61. The SMILES string of the molecule is Brc1nnc(-c2ncccc2I)s1. The minimum absolute atomic E-state index is 0.781. The largest absolute Gasteiger partial charge is 0.253 e. The monoisotopic (exact) mass is 367 g/mol. The summed E-state index contributed by atoms with van der Waals surface area (Å²) in [7, 11) is 0. The van der Waals surface area contributed by atoms with Gasteiger partial charge in [0.25, 0.3) is 0 Å². The summed E-state index contributed by atoms with van der Waals surface area (Å²) in [6, 6.07) is 3.90. The van der Waals surface area contributed by atoms with Crippen LogP contribution in [-0.4, -0.2) is 15.2 Å². The van der Waals surface area contributed by atoms with Crippen LogP contribution in [0.2, 0.25) is 0 Å². The summed E-state index contributed by atoms with van der Waals surface area (Å²) in [5.74, 6) is 0. The molecule has 2 rings (SSSR count). The molecular formula is C7H3BrIN3S. The molecule has 2 heterocycles. The Bertz CT molecular complexity index is 431. The second kappa shape index (κ2) is 3.97. The van der Waals surface area contributed by atoms with Gasteiger partial charge in [-0.15, -0.1) is 10.2 Å². The Kier molecular flexibility index (Phi) is 2.89. The maximum absolute atomic E-state index is 4.24. The van der Waals surface area contributed by atoms with Gasteiger partial charge in [-0.2, -0.15) is 0 Å². The van der Waals surface area contributed by atoms with Gasteiger partial charge in [0.15, 0.2) is 8.92 Å². The molecule has 0 atom stereocenters. The van der Waals surface area contributed by atoms with E-state index < -0.39 is 0 Å². The topological polar surface area (TPSA) is 38.7 Å². The van der Waals surface area contributed by atoms with Crippen LogP contribution in [0.3, 0.4) is 0 Å². The van der Waals surface area contributed by atoms with Gasteiger partial charge in [0.05, 0.1) is 0 Å². The zero-order valence-corrected chi connectivity index (χ0v) is 10.8. The Morgan fingerprint density at radius 1 is 1.38 bits per heavy atom. The fourth-order valence-electron chi connectivity index (χ4n) is 0.844. The summed E-state index contributed by atoms with van der Waals surface area (Å²) in [5.41, 5.74) is 0.895. The Morgan fingerprint density at radius 3 is 2.85 bits per heavy atom. The predicted octanol–water partition coefficient (Wildman–Crippen LogP) is 2.97. The van der Waals surface area contributed by atoms with E-state index in [9.17, 15) is 0 Å². The molecule has 0 amide bonds. The molecule has 0 radical (unpaired) electrons. The minimum Gasteiger partial charge on any atom is -0.253 e. The van der Waals surface area contributed by atoms with Crippen LogP contribution in [0.1, 0.15) is 0 Å². The Labute approximate surface area is 101 Å². The number of nitrogens with zero attached hydrogens (tertiary/aromatic N) is 3. The van der Waals surface area contributed by atoms with Gasteiger partial charge >= 0.3 is 0 Å². The molecule has 3 nitrogen and oxygen atoms in total. The van der Waals surface area contributed by atoms with E-state index in [1.807, 2.05) is 12.1 Å². The fraction of sp³-hybridized carbons (Fsp3) is 0. The zero-order valence-electron chi connectivity index (χ0n) is 6.24. The van der Waals surface area contributed by atoms with Gasteiger partial charge in [-0.25, -0.2) is 0 Å². The van der Waals surface area contributed by atoms with Crippen molar-refractivity contribution in [3.63, 3.8) is 0 Å². The predicted molar refractivity (Wildman–Crippen MR) is 63.6 cm³/mol. The van der Waals surface area contributed by atoms with Crippen molar-refractivity contribution in [1.82, 2.24) is 15.2 Å². The molecule has 0 unspecified atom stereocenters. The van der Waals surface area contributed by atoms with Crippen molar-refractivity contribution in [2.45, 2.75) is 0 Å². The molecule has 6 heteroatoms. The average molecular weight is 368 g/mol. The van der Waals surface area contributed by atoms with Crippen LogP contribution in [0.25, 0.3) is 10.7 Å². The molecule has 0 aromatic carbocycles. The highest BCUT2D eigenvalue weighted by molar-refractivity contribution is 14.1. The molecule has 0 N–H and O–H groups in total. The maximum atomic E-state index is 4.24. The molecule has 0 aliphatic carbocycles.